The molecule has 0 aromatic rings. The molecule has 0 amide bonds. The van der Waals surface area contributed by atoms with Crippen molar-refractivity contribution < 1.29 is 14.6 Å². The van der Waals surface area contributed by atoms with Gasteiger partial charge >= 0.3 is 5.95 Å². The SMILES string of the molecule is COC(C)=C(O)OC. The summed E-state index contributed by atoms with van der Waals surface area (Å²) in [4.78, 5) is 0. The smallest absolute Gasteiger partial charge is 0.315 e. The highest BCUT2D eigenvalue weighted by Crippen LogP contribution is 1.99. The zero-order chi connectivity index (χ0) is 6.57. The second kappa shape index (κ2) is 3.18. The van der Waals surface area contributed by atoms with E-state index in [1.807, 2.05) is 0 Å². The Morgan fingerprint density at radius 1 is 1.25 bits per heavy atom. The van der Waals surface area contributed by atoms with Gasteiger partial charge < -0.3 is 14.6 Å². The van der Waals surface area contributed by atoms with Gasteiger partial charge in [0, 0.05) is 6.92 Å². The topological polar surface area (TPSA) is 38.7 Å². The molecule has 0 aliphatic carbocycles. The molecular formula is C5H10O3. The average Bonchev–Trinajstić information content (AvgIpc) is 1.84. The lowest BCUT2D eigenvalue weighted by molar-refractivity contribution is 0.103. The van der Waals surface area contributed by atoms with E-state index >= 15 is 0 Å². The summed E-state index contributed by atoms with van der Waals surface area (Å²) in [6.45, 7) is 1.61. The maximum absolute atomic E-state index is 8.66. The summed E-state index contributed by atoms with van der Waals surface area (Å²) in [5.41, 5.74) is 0. The molecule has 0 rings (SSSR count). The van der Waals surface area contributed by atoms with Crippen LogP contribution in [0.1, 0.15) is 6.92 Å². The zero-order valence-electron chi connectivity index (χ0n) is 5.26. The molecule has 48 valence electrons. The van der Waals surface area contributed by atoms with Gasteiger partial charge in [-0.2, -0.15) is 0 Å². The summed E-state index contributed by atoms with van der Waals surface area (Å²) in [7, 11) is 2.84. The van der Waals surface area contributed by atoms with Crippen LogP contribution in [-0.4, -0.2) is 19.3 Å². The Labute approximate surface area is 48.5 Å². The van der Waals surface area contributed by atoms with E-state index in [0.717, 1.165) is 0 Å². The first-order valence-corrected chi connectivity index (χ1v) is 2.20. The first-order valence-electron chi connectivity index (χ1n) is 2.20. The third-order valence-electron chi connectivity index (χ3n) is 0.801. The van der Waals surface area contributed by atoms with Crippen LogP contribution in [0.25, 0.3) is 0 Å². The molecule has 0 aliphatic heterocycles. The van der Waals surface area contributed by atoms with Crippen molar-refractivity contribution in [3.8, 4) is 0 Å². The van der Waals surface area contributed by atoms with Gasteiger partial charge in [0.05, 0.1) is 14.2 Å². The molecule has 0 aromatic carbocycles. The molecule has 3 heteroatoms. The fraction of sp³-hybridized carbons (Fsp3) is 0.600. The standard InChI is InChI=1S/C5H10O3/c1-4(7-2)5(6)8-3/h6H,1-3H3. The normalized spacial score (nSPS) is 12.4. The van der Waals surface area contributed by atoms with Crippen LogP contribution in [0, 0.1) is 0 Å². The van der Waals surface area contributed by atoms with Crippen LogP contribution >= 0.6 is 0 Å². The Hall–Kier alpha value is -0.860. The first kappa shape index (κ1) is 7.14. The van der Waals surface area contributed by atoms with Crippen LogP contribution in [0.4, 0.5) is 0 Å². The van der Waals surface area contributed by atoms with Crippen molar-refractivity contribution in [3.63, 3.8) is 0 Å². The van der Waals surface area contributed by atoms with Crippen molar-refractivity contribution in [1.82, 2.24) is 0 Å². The lowest BCUT2D eigenvalue weighted by Gasteiger charge is -2.00. The molecule has 0 unspecified atom stereocenters. The van der Waals surface area contributed by atoms with Crippen LogP contribution in [0.5, 0.6) is 0 Å². The van der Waals surface area contributed by atoms with E-state index in [0.29, 0.717) is 5.76 Å². The molecule has 8 heavy (non-hydrogen) atoms. The Bertz CT molecular complexity index is 83.8. The molecule has 0 saturated heterocycles. The second-order valence-electron chi connectivity index (χ2n) is 1.27. The van der Waals surface area contributed by atoms with Gasteiger partial charge in [-0.25, -0.2) is 0 Å². The molecule has 3 nitrogen and oxygen atoms in total. The first-order chi connectivity index (χ1) is 3.72. The van der Waals surface area contributed by atoms with Gasteiger partial charge in [0.1, 0.15) is 0 Å². The highest BCUT2D eigenvalue weighted by molar-refractivity contribution is 4.87. The molecular weight excluding hydrogens is 108 g/mol. The molecule has 0 radical (unpaired) electrons. The van der Waals surface area contributed by atoms with Crippen molar-refractivity contribution in [2.45, 2.75) is 6.92 Å². The Kier molecular flexibility index (Phi) is 2.84. The molecule has 0 atom stereocenters. The Balaban J connectivity index is 3.83. The fourth-order valence-electron chi connectivity index (χ4n) is 0.231. The van der Waals surface area contributed by atoms with Gasteiger partial charge in [-0.15, -0.1) is 0 Å². The molecule has 0 saturated carbocycles. The molecule has 0 aliphatic rings. The van der Waals surface area contributed by atoms with Crippen LogP contribution in [0.3, 0.4) is 0 Å². The van der Waals surface area contributed by atoms with E-state index in [-0.39, 0.29) is 5.95 Å². The van der Waals surface area contributed by atoms with E-state index in [2.05, 4.69) is 9.47 Å². The second-order valence-corrected chi connectivity index (χ2v) is 1.27. The molecule has 1 N–H and O–H groups in total. The maximum atomic E-state index is 8.66. The number of methoxy groups -OCH3 is 2. The number of aliphatic hydroxyl groups is 1. The quantitative estimate of drug-likeness (QED) is 0.550. The minimum absolute atomic E-state index is 0.174. The van der Waals surface area contributed by atoms with Crippen molar-refractivity contribution in [2.75, 3.05) is 14.2 Å². The summed E-state index contributed by atoms with van der Waals surface area (Å²) >= 11 is 0. The Morgan fingerprint density at radius 2 is 1.75 bits per heavy atom. The van der Waals surface area contributed by atoms with Gasteiger partial charge in [0.25, 0.3) is 0 Å². The van der Waals surface area contributed by atoms with E-state index in [1.165, 1.54) is 14.2 Å². The van der Waals surface area contributed by atoms with Crippen LogP contribution in [0.15, 0.2) is 11.7 Å². The predicted octanol–water partition coefficient (Wildman–Crippen LogP) is 1.03. The van der Waals surface area contributed by atoms with E-state index < -0.39 is 0 Å². The summed E-state index contributed by atoms with van der Waals surface area (Å²) in [6, 6.07) is 0. The monoisotopic (exact) mass is 118 g/mol. The number of hydrogen-bond donors (Lipinski definition) is 1. The van der Waals surface area contributed by atoms with Crippen molar-refractivity contribution in [3.05, 3.63) is 11.7 Å². The minimum Gasteiger partial charge on any atom is -0.494 e. The summed E-state index contributed by atoms with van der Waals surface area (Å²) in [5, 5.41) is 8.66. The summed E-state index contributed by atoms with van der Waals surface area (Å²) in [5.74, 6) is 0.208. The third kappa shape index (κ3) is 1.73. The predicted molar refractivity (Wildman–Crippen MR) is 29.3 cm³/mol. The van der Waals surface area contributed by atoms with Crippen LogP contribution < -0.4 is 0 Å². The summed E-state index contributed by atoms with van der Waals surface area (Å²) < 4.78 is 9.02. The van der Waals surface area contributed by atoms with E-state index in [1.54, 1.807) is 6.92 Å². The van der Waals surface area contributed by atoms with Gasteiger partial charge in [0.15, 0.2) is 5.76 Å². The van der Waals surface area contributed by atoms with Crippen molar-refractivity contribution >= 4 is 0 Å². The molecule has 0 spiro atoms. The Morgan fingerprint density at radius 3 is 1.88 bits per heavy atom. The molecule has 0 bridgehead atoms. The lowest BCUT2D eigenvalue weighted by Crippen LogP contribution is -1.91. The third-order valence-corrected chi connectivity index (χ3v) is 0.801. The van der Waals surface area contributed by atoms with Crippen molar-refractivity contribution in [2.24, 2.45) is 0 Å². The van der Waals surface area contributed by atoms with Crippen molar-refractivity contribution in [1.29, 1.82) is 0 Å². The largest absolute Gasteiger partial charge is 0.494 e. The highest BCUT2D eigenvalue weighted by Gasteiger charge is 1.95. The lowest BCUT2D eigenvalue weighted by atomic mass is 10.6. The van der Waals surface area contributed by atoms with Gasteiger partial charge in [0.2, 0.25) is 0 Å². The number of ether oxygens (including phenoxy) is 2. The zero-order valence-corrected chi connectivity index (χ0v) is 5.26. The maximum Gasteiger partial charge on any atom is 0.315 e. The molecule has 0 aromatic heterocycles. The van der Waals surface area contributed by atoms with E-state index in [9.17, 15) is 0 Å². The molecule has 0 heterocycles. The number of aliphatic hydroxyl groups excluding tert-OH is 1. The number of rotatable bonds is 2. The fourth-order valence-corrected chi connectivity index (χ4v) is 0.231. The van der Waals surface area contributed by atoms with Gasteiger partial charge in [-0.3, -0.25) is 0 Å². The van der Waals surface area contributed by atoms with Gasteiger partial charge in [-0.05, 0) is 0 Å². The minimum atomic E-state index is -0.174. The van der Waals surface area contributed by atoms with Gasteiger partial charge in [-0.1, -0.05) is 0 Å². The number of hydrogen-bond acceptors (Lipinski definition) is 3. The summed E-state index contributed by atoms with van der Waals surface area (Å²) in [6.07, 6.45) is 0. The molecule has 0 fully saturated rings. The average molecular weight is 118 g/mol. The van der Waals surface area contributed by atoms with E-state index in [4.69, 9.17) is 5.11 Å². The van der Waals surface area contributed by atoms with Crippen LogP contribution in [0.2, 0.25) is 0 Å². The van der Waals surface area contributed by atoms with Crippen LogP contribution in [-0.2, 0) is 9.47 Å². The number of allylic oxidation sites excluding steroid dienone is 1. The highest BCUT2D eigenvalue weighted by atomic mass is 16.6.